The maximum absolute atomic E-state index is 9.73. The lowest BCUT2D eigenvalue weighted by Crippen LogP contribution is -2.27. The fourth-order valence-corrected chi connectivity index (χ4v) is 0.276. The molecular weight excluding hydrogens is 266 g/mol. The predicted molar refractivity (Wildman–Crippen MR) is 54.4 cm³/mol. The second-order valence-electron chi connectivity index (χ2n) is 1.82. The van der Waals surface area contributed by atoms with Crippen LogP contribution in [-0.2, 0) is 20.0 Å². The molecular formula is C4H17N3O9S. The molecule has 108 valence electrons. The summed E-state index contributed by atoms with van der Waals surface area (Å²) in [4.78, 5) is 19.5. The maximum Gasteiger partial charge on any atom is 0.317 e. The van der Waals surface area contributed by atoms with Gasteiger partial charge in [0.05, 0.1) is 13.1 Å². The Labute approximate surface area is 96.7 Å². The SMILES string of the molecule is O=C(O)CNCC(=O)O.O=S(=O)([O-])O.[NH4+].[NH4+].[OH-]. The van der Waals surface area contributed by atoms with E-state index in [-0.39, 0.29) is 30.9 Å². The van der Waals surface area contributed by atoms with Crippen molar-refractivity contribution in [3.8, 4) is 0 Å². The number of quaternary nitrogens is 2. The highest BCUT2D eigenvalue weighted by molar-refractivity contribution is 7.79. The van der Waals surface area contributed by atoms with Gasteiger partial charge in [-0.1, -0.05) is 0 Å². The first kappa shape index (κ1) is 29.6. The summed E-state index contributed by atoms with van der Waals surface area (Å²) < 4.78 is 32.8. The Hall–Kier alpha value is -1.35. The molecule has 0 atom stereocenters. The molecule has 0 bridgehead atoms. The summed E-state index contributed by atoms with van der Waals surface area (Å²) in [6.07, 6.45) is 0. The van der Waals surface area contributed by atoms with Gasteiger partial charge in [0.2, 0.25) is 10.4 Å². The van der Waals surface area contributed by atoms with E-state index in [9.17, 15) is 9.59 Å². The van der Waals surface area contributed by atoms with Gasteiger partial charge in [-0.3, -0.25) is 19.5 Å². The van der Waals surface area contributed by atoms with E-state index in [2.05, 4.69) is 5.32 Å². The van der Waals surface area contributed by atoms with Crippen molar-refractivity contribution in [1.29, 1.82) is 0 Å². The van der Waals surface area contributed by atoms with E-state index in [0.717, 1.165) is 0 Å². The van der Waals surface area contributed by atoms with Gasteiger partial charge in [0.1, 0.15) is 0 Å². The maximum atomic E-state index is 9.73. The van der Waals surface area contributed by atoms with Crippen LogP contribution in [-0.4, -0.2) is 58.2 Å². The molecule has 0 aliphatic carbocycles. The molecule has 0 heterocycles. The first-order chi connectivity index (χ1) is 6.13. The summed E-state index contributed by atoms with van der Waals surface area (Å²) in [5.41, 5.74) is 0. The summed E-state index contributed by atoms with van der Waals surface area (Å²) >= 11 is 0. The molecule has 13 heteroatoms. The summed E-state index contributed by atoms with van der Waals surface area (Å²) in [6.45, 7) is -0.626. The van der Waals surface area contributed by atoms with Crippen LogP contribution < -0.4 is 17.6 Å². The Morgan fingerprint density at radius 2 is 1.24 bits per heavy atom. The van der Waals surface area contributed by atoms with E-state index in [1.165, 1.54) is 0 Å². The molecule has 0 aromatic carbocycles. The first-order valence-corrected chi connectivity index (χ1v) is 4.32. The van der Waals surface area contributed by atoms with Crippen molar-refractivity contribution in [2.24, 2.45) is 0 Å². The molecule has 0 aliphatic rings. The number of aliphatic carboxylic acids is 2. The van der Waals surface area contributed by atoms with E-state index >= 15 is 0 Å². The number of carboxylic acids is 2. The molecule has 0 saturated carbocycles. The zero-order valence-corrected chi connectivity index (χ0v) is 9.97. The van der Waals surface area contributed by atoms with Crippen LogP contribution in [0.1, 0.15) is 0 Å². The zero-order chi connectivity index (χ0) is 11.8. The Balaban J connectivity index is -0.0000000533. The molecule has 0 spiro atoms. The van der Waals surface area contributed by atoms with Gasteiger partial charge in [-0.15, -0.1) is 0 Å². The minimum Gasteiger partial charge on any atom is -0.870 e. The van der Waals surface area contributed by atoms with Crippen LogP contribution in [0.25, 0.3) is 0 Å². The van der Waals surface area contributed by atoms with Crippen molar-refractivity contribution in [2.45, 2.75) is 0 Å². The smallest absolute Gasteiger partial charge is 0.317 e. The first-order valence-electron chi connectivity index (χ1n) is 2.95. The molecule has 12 nitrogen and oxygen atoms in total. The molecule has 13 N–H and O–H groups in total. The highest BCUT2D eigenvalue weighted by atomic mass is 32.3. The lowest BCUT2D eigenvalue weighted by atomic mass is 10.6. The molecule has 0 unspecified atom stereocenters. The molecule has 0 fully saturated rings. The third-order valence-corrected chi connectivity index (χ3v) is 0.552. The summed E-state index contributed by atoms with van der Waals surface area (Å²) in [6, 6.07) is 0. The largest absolute Gasteiger partial charge is 0.870 e. The van der Waals surface area contributed by atoms with Crippen molar-refractivity contribution in [3.05, 3.63) is 0 Å². The van der Waals surface area contributed by atoms with Crippen LogP contribution in [0.2, 0.25) is 0 Å². The van der Waals surface area contributed by atoms with Gasteiger partial charge in [0, 0.05) is 0 Å². The van der Waals surface area contributed by atoms with Crippen molar-refractivity contribution in [3.63, 3.8) is 0 Å². The summed E-state index contributed by atoms with van der Waals surface area (Å²) in [5, 5.41) is 18.1. The highest BCUT2D eigenvalue weighted by Crippen LogP contribution is 1.61. The van der Waals surface area contributed by atoms with E-state index < -0.39 is 22.3 Å². The van der Waals surface area contributed by atoms with Crippen LogP contribution in [0.3, 0.4) is 0 Å². The topological polar surface area (TPSA) is 267 Å². The number of nitrogens with one attached hydrogen (secondary N) is 1. The van der Waals surface area contributed by atoms with Gasteiger partial charge in [-0.2, -0.15) is 0 Å². The van der Waals surface area contributed by atoms with Crippen molar-refractivity contribution < 1.29 is 42.8 Å². The zero-order valence-electron chi connectivity index (χ0n) is 9.15. The fourth-order valence-electron chi connectivity index (χ4n) is 0.276. The van der Waals surface area contributed by atoms with Crippen molar-refractivity contribution >= 4 is 22.3 Å². The van der Waals surface area contributed by atoms with E-state index in [0.29, 0.717) is 0 Å². The Bertz CT molecular complexity index is 267. The second-order valence-corrected chi connectivity index (χ2v) is 2.67. The Morgan fingerprint density at radius 3 is 1.35 bits per heavy atom. The van der Waals surface area contributed by atoms with Gasteiger partial charge < -0.3 is 32.5 Å². The van der Waals surface area contributed by atoms with Crippen LogP contribution in [0, 0.1) is 0 Å². The number of carboxylic acid groups (broad SMARTS) is 2. The molecule has 17 heavy (non-hydrogen) atoms. The van der Waals surface area contributed by atoms with Gasteiger partial charge in [-0.25, -0.2) is 8.42 Å². The van der Waals surface area contributed by atoms with Gasteiger partial charge in [0.25, 0.3) is 0 Å². The molecule has 0 radical (unpaired) electrons. The van der Waals surface area contributed by atoms with E-state index in [4.69, 9.17) is 27.7 Å². The van der Waals surface area contributed by atoms with Crippen molar-refractivity contribution in [2.75, 3.05) is 13.1 Å². The second kappa shape index (κ2) is 14.6. The van der Waals surface area contributed by atoms with Crippen molar-refractivity contribution in [1.82, 2.24) is 17.6 Å². The molecule has 0 saturated heterocycles. The third-order valence-electron chi connectivity index (χ3n) is 0.552. The Kier molecular flexibility index (Phi) is 25.5. The van der Waals surface area contributed by atoms with Crippen LogP contribution in [0.15, 0.2) is 0 Å². The number of hydrogen-bond donors (Lipinski definition) is 6. The minimum atomic E-state index is -4.92. The molecule has 0 amide bonds. The Morgan fingerprint density at radius 1 is 1.06 bits per heavy atom. The third kappa shape index (κ3) is 108. The van der Waals surface area contributed by atoms with Crippen LogP contribution >= 0.6 is 0 Å². The highest BCUT2D eigenvalue weighted by Gasteiger charge is 1.97. The normalized spacial score (nSPS) is 8.12. The lowest BCUT2D eigenvalue weighted by Gasteiger charge is -1.93. The average molecular weight is 283 g/mol. The predicted octanol–water partition coefficient (Wildman–Crippen LogP) is -1.67. The molecule has 0 aromatic rings. The standard InChI is InChI=1S/C4H7NO4.2H3N.H2O4S.H2O/c6-3(7)1-5-2-4(8)9;;;1-5(2,3)4;/h5H,1-2H2,(H,6,7)(H,8,9);2*1H3;(H2,1,2,3,4);1H2. The lowest BCUT2D eigenvalue weighted by molar-refractivity contribution is -0.137. The number of carbonyl (C=O) groups is 2. The average Bonchev–Trinajstić information content (AvgIpc) is 1.80. The van der Waals surface area contributed by atoms with Gasteiger partial charge in [-0.05, 0) is 0 Å². The summed E-state index contributed by atoms with van der Waals surface area (Å²) in [5.74, 6) is -2.12. The monoisotopic (exact) mass is 283 g/mol. The van der Waals surface area contributed by atoms with Crippen LogP contribution in [0.4, 0.5) is 0 Å². The minimum absolute atomic E-state index is 0. The number of rotatable bonds is 4. The van der Waals surface area contributed by atoms with E-state index in [1.807, 2.05) is 0 Å². The van der Waals surface area contributed by atoms with E-state index in [1.54, 1.807) is 0 Å². The quantitative estimate of drug-likeness (QED) is 0.252. The molecule has 0 aromatic heterocycles. The van der Waals surface area contributed by atoms with Gasteiger partial charge in [0.15, 0.2) is 0 Å². The van der Waals surface area contributed by atoms with Crippen LogP contribution in [0.5, 0.6) is 0 Å². The fraction of sp³-hybridized carbons (Fsp3) is 0.500. The number of hydrogen-bond acceptors (Lipinski definition) is 7. The van der Waals surface area contributed by atoms with Gasteiger partial charge >= 0.3 is 11.9 Å². The molecule has 0 rings (SSSR count). The summed E-state index contributed by atoms with van der Waals surface area (Å²) in [7, 11) is -4.92. The molecule has 0 aliphatic heterocycles.